The number of alkyl halides is 2. The topological polar surface area (TPSA) is 104 Å². The molecule has 1 aliphatic carbocycles. The molecule has 1 saturated carbocycles. The van der Waals surface area contributed by atoms with Gasteiger partial charge >= 0.3 is 0 Å². The van der Waals surface area contributed by atoms with Crippen molar-refractivity contribution in [1.82, 2.24) is 14.8 Å². The summed E-state index contributed by atoms with van der Waals surface area (Å²) in [6.07, 6.45) is 6.95. The Kier molecular flexibility index (Phi) is 8.07. The van der Waals surface area contributed by atoms with Gasteiger partial charge in [0.25, 0.3) is 12.3 Å². The van der Waals surface area contributed by atoms with Crippen LogP contribution in [0.25, 0.3) is 0 Å². The lowest BCUT2D eigenvalue weighted by atomic mass is 9.87. The van der Waals surface area contributed by atoms with Gasteiger partial charge < -0.3 is 15.2 Å². The number of hydrazone groups is 1. The van der Waals surface area contributed by atoms with Gasteiger partial charge in [-0.05, 0) is 57.4 Å². The third kappa shape index (κ3) is 5.67. The van der Waals surface area contributed by atoms with Crippen LogP contribution >= 0.6 is 0 Å². The highest BCUT2D eigenvalue weighted by Gasteiger charge is 2.28. The smallest absolute Gasteiger partial charge is 0.284 e. The SMILES string of the molecule is C=NN1C=CC(C2CCOCC2)=N/C1=C(/C)C(=O)Nc1cn([C@H]2CC[C@H](CO)CC2)nc1C(F)F. The predicted octanol–water partition coefficient (Wildman–Crippen LogP) is 4.03. The highest BCUT2D eigenvalue weighted by Crippen LogP contribution is 2.35. The number of halogens is 2. The molecule has 35 heavy (non-hydrogen) atoms. The van der Waals surface area contributed by atoms with Crippen LogP contribution in [0.5, 0.6) is 0 Å². The normalized spacial score (nSPS) is 24.9. The number of amides is 1. The van der Waals surface area contributed by atoms with Gasteiger partial charge in [0, 0.05) is 50.6 Å². The average Bonchev–Trinajstić information content (AvgIpc) is 3.32. The third-order valence-electron chi connectivity index (χ3n) is 6.97. The highest BCUT2D eigenvalue weighted by atomic mass is 19.3. The van der Waals surface area contributed by atoms with Crippen molar-refractivity contribution in [2.75, 3.05) is 25.1 Å². The van der Waals surface area contributed by atoms with Gasteiger partial charge in [0.05, 0.1) is 17.3 Å². The number of aliphatic hydroxyl groups excluding tert-OH is 1. The number of nitrogens with zero attached hydrogens (tertiary/aromatic N) is 5. The number of rotatable bonds is 7. The van der Waals surface area contributed by atoms with Crippen molar-refractivity contribution in [3.8, 4) is 0 Å². The first kappa shape index (κ1) is 25.2. The van der Waals surface area contributed by atoms with Crippen LogP contribution < -0.4 is 5.32 Å². The van der Waals surface area contributed by atoms with E-state index in [0.29, 0.717) is 19.0 Å². The quantitative estimate of drug-likeness (QED) is 0.444. The first-order chi connectivity index (χ1) is 16.9. The molecule has 1 aromatic heterocycles. The molecule has 11 heteroatoms. The molecule has 1 amide bonds. The number of aliphatic hydroxyl groups is 1. The second kappa shape index (κ2) is 11.2. The van der Waals surface area contributed by atoms with Crippen molar-refractivity contribution in [3.63, 3.8) is 0 Å². The van der Waals surface area contributed by atoms with E-state index in [2.05, 4.69) is 27.2 Å². The van der Waals surface area contributed by atoms with Crippen LogP contribution in [0.1, 0.15) is 63.6 Å². The first-order valence-corrected chi connectivity index (χ1v) is 12.0. The Morgan fingerprint density at radius 3 is 2.63 bits per heavy atom. The van der Waals surface area contributed by atoms with Gasteiger partial charge in [0.15, 0.2) is 11.5 Å². The number of hydrogen-bond acceptors (Lipinski definition) is 7. The summed E-state index contributed by atoms with van der Waals surface area (Å²) in [6.45, 7) is 6.56. The maximum absolute atomic E-state index is 13.8. The van der Waals surface area contributed by atoms with Crippen molar-refractivity contribution in [1.29, 1.82) is 0 Å². The van der Waals surface area contributed by atoms with E-state index in [0.717, 1.165) is 44.2 Å². The average molecular weight is 491 g/mol. The van der Waals surface area contributed by atoms with Gasteiger partial charge in [-0.1, -0.05) is 0 Å². The van der Waals surface area contributed by atoms with E-state index in [4.69, 9.17) is 4.74 Å². The monoisotopic (exact) mass is 490 g/mol. The van der Waals surface area contributed by atoms with Crippen LogP contribution in [0.2, 0.25) is 0 Å². The largest absolute Gasteiger partial charge is 0.396 e. The lowest BCUT2D eigenvalue weighted by molar-refractivity contribution is -0.112. The summed E-state index contributed by atoms with van der Waals surface area (Å²) in [5.74, 6) is 0.184. The van der Waals surface area contributed by atoms with Crippen LogP contribution in [0, 0.1) is 11.8 Å². The molecule has 0 radical (unpaired) electrons. The molecular weight excluding hydrogens is 458 g/mol. The van der Waals surface area contributed by atoms with Crippen molar-refractivity contribution in [2.24, 2.45) is 21.9 Å². The molecule has 4 rings (SSSR count). The number of carbonyl (C=O) groups is 1. The Balaban J connectivity index is 1.55. The lowest BCUT2D eigenvalue weighted by Gasteiger charge is -2.27. The fraction of sp³-hybridized carbons (Fsp3) is 0.583. The molecule has 1 aromatic rings. The molecule has 0 bridgehead atoms. The Morgan fingerprint density at radius 1 is 1.29 bits per heavy atom. The zero-order valence-corrected chi connectivity index (χ0v) is 19.9. The van der Waals surface area contributed by atoms with E-state index < -0.39 is 18.0 Å². The summed E-state index contributed by atoms with van der Waals surface area (Å²) in [6, 6.07) is -0.0454. The number of ether oxygens (including phenoxy) is 1. The standard InChI is InChI=1S/C24H32F2N6O3/c1-15(23-28-19(7-10-31(23)27-2)17-8-11-35-12-9-17)24(34)29-20-13-32(30-21(20)22(25)26)18-5-3-16(14-33)4-6-18/h7,10,13,16-18,22,33H,2-6,8-9,11-12,14H2,1H3,(H,29,34)/b23-15+/t16-,18-. The summed E-state index contributed by atoms with van der Waals surface area (Å²) >= 11 is 0. The predicted molar refractivity (Wildman–Crippen MR) is 128 cm³/mol. The Morgan fingerprint density at radius 2 is 2.00 bits per heavy atom. The van der Waals surface area contributed by atoms with Crippen LogP contribution in [0.4, 0.5) is 14.5 Å². The molecule has 3 heterocycles. The van der Waals surface area contributed by atoms with E-state index in [9.17, 15) is 18.7 Å². The van der Waals surface area contributed by atoms with Gasteiger partial charge in [-0.3, -0.25) is 9.48 Å². The molecular formula is C24H32F2N6O3. The van der Waals surface area contributed by atoms with Crippen molar-refractivity contribution in [3.05, 3.63) is 35.6 Å². The second-order valence-electron chi connectivity index (χ2n) is 9.19. The number of hydrogen-bond donors (Lipinski definition) is 2. The number of allylic oxidation sites excluding steroid dienone is 1. The van der Waals surface area contributed by atoms with Gasteiger partial charge in [-0.25, -0.2) is 18.8 Å². The van der Waals surface area contributed by atoms with E-state index >= 15 is 0 Å². The van der Waals surface area contributed by atoms with Crippen molar-refractivity contribution in [2.45, 2.75) is 57.9 Å². The van der Waals surface area contributed by atoms with Gasteiger partial charge in [0.1, 0.15) is 0 Å². The Labute approximate surface area is 203 Å². The van der Waals surface area contributed by atoms with Gasteiger partial charge in [0.2, 0.25) is 0 Å². The second-order valence-corrected chi connectivity index (χ2v) is 9.19. The molecule has 2 fully saturated rings. The molecule has 0 aromatic carbocycles. The van der Waals surface area contributed by atoms with Crippen LogP contribution in [0.3, 0.4) is 0 Å². The number of nitrogens with one attached hydrogen (secondary N) is 1. The molecule has 3 aliphatic rings. The molecule has 2 aliphatic heterocycles. The highest BCUT2D eigenvalue weighted by molar-refractivity contribution is 6.05. The first-order valence-electron chi connectivity index (χ1n) is 12.0. The van der Waals surface area contributed by atoms with E-state index in [1.807, 2.05) is 6.08 Å². The molecule has 0 atom stereocenters. The minimum absolute atomic E-state index is 0.0210. The van der Waals surface area contributed by atoms with Gasteiger partial charge in [-0.2, -0.15) is 10.2 Å². The zero-order chi connectivity index (χ0) is 24.9. The van der Waals surface area contributed by atoms with Crippen LogP contribution in [0.15, 0.2) is 40.0 Å². The summed E-state index contributed by atoms with van der Waals surface area (Å²) in [5.41, 5.74) is 0.569. The number of aromatic nitrogens is 2. The molecule has 190 valence electrons. The fourth-order valence-electron chi connectivity index (χ4n) is 4.78. The third-order valence-corrected chi connectivity index (χ3v) is 6.97. The number of anilines is 1. The maximum atomic E-state index is 13.8. The van der Waals surface area contributed by atoms with E-state index in [1.54, 1.807) is 13.1 Å². The lowest BCUT2D eigenvalue weighted by Crippen LogP contribution is -2.27. The molecule has 9 nitrogen and oxygen atoms in total. The van der Waals surface area contributed by atoms with Gasteiger partial charge in [-0.15, -0.1) is 0 Å². The maximum Gasteiger partial charge on any atom is 0.284 e. The minimum atomic E-state index is -2.84. The van der Waals surface area contributed by atoms with E-state index in [-0.39, 0.29) is 35.7 Å². The molecule has 0 unspecified atom stereocenters. The molecule has 0 spiro atoms. The van der Waals surface area contributed by atoms with Crippen molar-refractivity contribution < 1.29 is 23.4 Å². The summed E-state index contributed by atoms with van der Waals surface area (Å²) in [5, 5.41) is 21.4. The Hall–Kier alpha value is -2.92. The number of aliphatic imine (C=N–C) groups is 1. The molecule has 1 saturated heterocycles. The van der Waals surface area contributed by atoms with Crippen molar-refractivity contribution >= 4 is 24.0 Å². The summed E-state index contributed by atoms with van der Waals surface area (Å²) < 4.78 is 34.5. The summed E-state index contributed by atoms with van der Waals surface area (Å²) in [4.78, 5) is 17.8. The Bertz CT molecular complexity index is 1020. The summed E-state index contributed by atoms with van der Waals surface area (Å²) in [7, 11) is 0. The minimum Gasteiger partial charge on any atom is -0.396 e. The van der Waals surface area contributed by atoms with Crippen LogP contribution in [-0.2, 0) is 9.53 Å². The zero-order valence-electron chi connectivity index (χ0n) is 19.9. The number of carbonyl (C=O) groups excluding carboxylic acids is 1. The fourth-order valence-corrected chi connectivity index (χ4v) is 4.78. The molecule has 2 N–H and O–H groups in total. The van der Waals surface area contributed by atoms with E-state index in [1.165, 1.54) is 15.9 Å². The van der Waals surface area contributed by atoms with Crippen LogP contribution in [-0.4, -0.2) is 58.1 Å².